The first kappa shape index (κ1) is 15.8. The van der Waals surface area contributed by atoms with E-state index in [1.807, 2.05) is 0 Å². The lowest BCUT2D eigenvalue weighted by Crippen LogP contribution is -2.39. The second-order valence-corrected chi connectivity index (χ2v) is 5.31. The van der Waals surface area contributed by atoms with E-state index in [0.29, 0.717) is 25.7 Å². The van der Waals surface area contributed by atoms with Crippen molar-refractivity contribution in [3.05, 3.63) is 29.1 Å². The molecule has 1 saturated carbocycles. The predicted molar refractivity (Wildman–Crippen MR) is 69.7 cm³/mol. The van der Waals surface area contributed by atoms with Gasteiger partial charge >= 0.3 is 6.18 Å². The van der Waals surface area contributed by atoms with Gasteiger partial charge in [0, 0.05) is 6.04 Å². The standard InChI is InChI=1S/C14H17F3N2O2/c1-8-11(6-7-12(18-8)14(15,16)17)13(21)19-9-2-4-10(20)5-3-9/h6-7,9-10,20H,2-5H2,1H3,(H,19,21). The minimum atomic E-state index is -4.51. The molecular formula is C14H17F3N2O2. The van der Waals surface area contributed by atoms with Gasteiger partial charge in [-0.25, -0.2) is 4.98 Å². The van der Waals surface area contributed by atoms with Crippen molar-refractivity contribution < 1.29 is 23.1 Å². The van der Waals surface area contributed by atoms with Gasteiger partial charge in [0.25, 0.3) is 5.91 Å². The van der Waals surface area contributed by atoms with E-state index in [1.54, 1.807) is 0 Å². The lowest BCUT2D eigenvalue weighted by molar-refractivity contribution is -0.141. The number of hydrogen-bond acceptors (Lipinski definition) is 3. The zero-order chi connectivity index (χ0) is 15.6. The Morgan fingerprint density at radius 2 is 1.90 bits per heavy atom. The van der Waals surface area contributed by atoms with Gasteiger partial charge in [0.2, 0.25) is 0 Å². The summed E-state index contributed by atoms with van der Waals surface area (Å²) in [5.41, 5.74) is -0.801. The summed E-state index contributed by atoms with van der Waals surface area (Å²) in [6.07, 6.45) is -2.27. The molecule has 1 fully saturated rings. The molecule has 0 unspecified atom stereocenters. The Morgan fingerprint density at radius 3 is 2.43 bits per heavy atom. The van der Waals surface area contributed by atoms with Crippen molar-refractivity contribution in [1.82, 2.24) is 10.3 Å². The van der Waals surface area contributed by atoms with Crippen molar-refractivity contribution in [2.75, 3.05) is 0 Å². The third-order valence-electron chi connectivity index (χ3n) is 3.65. The minimum Gasteiger partial charge on any atom is -0.393 e. The van der Waals surface area contributed by atoms with Gasteiger partial charge in [0.15, 0.2) is 0 Å². The van der Waals surface area contributed by atoms with E-state index < -0.39 is 17.8 Å². The van der Waals surface area contributed by atoms with Crippen LogP contribution in [0.5, 0.6) is 0 Å². The van der Waals surface area contributed by atoms with Crippen molar-refractivity contribution in [1.29, 1.82) is 0 Å². The second-order valence-electron chi connectivity index (χ2n) is 5.31. The maximum Gasteiger partial charge on any atom is 0.433 e. The van der Waals surface area contributed by atoms with Crippen LogP contribution in [0.15, 0.2) is 12.1 Å². The first-order valence-electron chi connectivity index (χ1n) is 6.81. The van der Waals surface area contributed by atoms with Crippen LogP contribution in [0.4, 0.5) is 13.2 Å². The molecule has 1 aliphatic carbocycles. The summed E-state index contributed by atoms with van der Waals surface area (Å²) in [5.74, 6) is -0.421. The van der Waals surface area contributed by atoms with Gasteiger partial charge < -0.3 is 10.4 Å². The van der Waals surface area contributed by atoms with Crippen LogP contribution < -0.4 is 5.32 Å². The highest BCUT2D eigenvalue weighted by molar-refractivity contribution is 5.95. The number of aliphatic hydroxyl groups is 1. The molecule has 0 spiro atoms. The van der Waals surface area contributed by atoms with E-state index in [2.05, 4.69) is 10.3 Å². The molecule has 0 aliphatic heterocycles. The molecule has 4 nitrogen and oxygen atoms in total. The summed E-state index contributed by atoms with van der Waals surface area (Å²) in [6.45, 7) is 1.38. The Morgan fingerprint density at radius 1 is 1.29 bits per heavy atom. The number of aliphatic hydroxyl groups excluding tert-OH is 1. The van der Waals surface area contributed by atoms with Crippen molar-refractivity contribution in [3.63, 3.8) is 0 Å². The van der Waals surface area contributed by atoms with E-state index in [1.165, 1.54) is 6.92 Å². The SMILES string of the molecule is Cc1nc(C(F)(F)F)ccc1C(=O)NC1CCC(O)CC1. The molecular weight excluding hydrogens is 285 g/mol. The molecule has 1 amide bonds. The number of rotatable bonds is 2. The van der Waals surface area contributed by atoms with E-state index in [0.717, 1.165) is 12.1 Å². The Hall–Kier alpha value is -1.63. The smallest absolute Gasteiger partial charge is 0.393 e. The van der Waals surface area contributed by atoms with Crippen LogP contribution in [0.25, 0.3) is 0 Å². The van der Waals surface area contributed by atoms with Crippen LogP contribution in [-0.2, 0) is 6.18 Å². The lowest BCUT2D eigenvalue weighted by Gasteiger charge is -2.26. The Labute approximate surface area is 120 Å². The van der Waals surface area contributed by atoms with E-state index in [4.69, 9.17) is 0 Å². The number of aryl methyl sites for hydroxylation is 1. The number of halogens is 3. The number of carbonyl (C=O) groups is 1. The van der Waals surface area contributed by atoms with Gasteiger partial charge in [-0.1, -0.05) is 0 Å². The molecule has 1 heterocycles. The largest absolute Gasteiger partial charge is 0.433 e. The van der Waals surface area contributed by atoms with Crippen molar-refractivity contribution in [3.8, 4) is 0 Å². The highest BCUT2D eigenvalue weighted by atomic mass is 19.4. The molecule has 0 saturated heterocycles. The summed E-state index contributed by atoms with van der Waals surface area (Å²) < 4.78 is 37.6. The maximum absolute atomic E-state index is 12.5. The fourth-order valence-corrected chi connectivity index (χ4v) is 2.44. The average Bonchev–Trinajstić information content (AvgIpc) is 2.40. The number of aromatic nitrogens is 1. The summed E-state index contributed by atoms with van der Waals surface area (Å²) >= 11 is 0. The van der Waals surface area contributed by atoms with Crippen LogP contribution in [0.1, 0.15) is 47.4 Å². The van der Waals surface area contributed by atoms with Crippen LogP contribution in [0.2, 0.25) is 0 Å². The zero-order valence-corrected chi connectivity index (χ0v) is 11.6. The summed E-state index contributed by atoms with van der Waals surface area (Å²) in [4.78, 5) is 15.5. The number of nitrogens with zero attached hydrogens (tertiary/aromatic N) is 1. The minimum absolute atomic E-state index is 0.0532. The van der Waals surface area contributed by atoms with Crippen LogP contribution in [0, 0.1) is 6.92 Å². The fourth-order valence-electron chi connectivity index (χ4n) is 2.44. The van der Waals surface area contributed by atoms with Gasteiger partial charge in [-0.05, 0) is 44.7 Å². The van der Waals surface area contributed by atoms with Crippen LogP contribution in [0.3, 0.4) is 0 Å². The third kappa shape index (κ3) is 3.93. The summed E-state index contributed by atoms with van der Waals surface area (Å²) in [6, 6.07) is 1.91. The predicted octanol–water partition coefficient (Wildman–Crippen LogP) is 2.44. The fraction of sp³-hybridized carbons (Fsp3) is 0.571. The Balaban J connectivity index is 2.06. The van der Waals surface area contributed by atoms with Gasteiger partial charge in [-0.3, -0.25) is 4.79 Å². The number of pyridine rings is 1. The molecule has 7 heteroatoms. The molecule has 1 aromatic rings. The molecule has 21 heavy (non-hydrogen) atoms. The molecule has 116 valence electrons. The molecule has 2 rings (SSSR count). The Kier molecular flexibility index (Phi) is 4.51. The van der Waals surface area contributed by atoms with E-state index in [-0.39, 0.29) is 23.4 Å². The highest BCUT2D eigenvalue weighted by Gasteiger charge is 2.33. The van der Waals surface area contributed by atoms with Gasteiger partial charge in [0.1, 0.15) is 5.69 Å². The number of alkyl halides is 3. The average molecular weight is 302 g/mol. The number of amides is 1. The van der Waals surface area contributed by atoms with Crippen molar-refractivity contribution in [2.45, 2.75) is 50.9 Å². The van der Waals surface area contributed by atoms with Crippen molar-refractivity contribution >= 4 is 5.91 Å². The molecule has 0 atom stereocenters. The number of carbonyl (C=O) groups excluding carboxylic acids is 1. The maximum atomic E-state index is 12.5. The van der Waals surface area contributed by atoms with E-state index >= 15 is 0 Å². The van der Waals surface area contributed by atoms with Crippen LogP contribution >= 0.6 is 0 Å². The van der Waals surface area contributed by atoms with Crippen molar-refractivity contribution in [2.24, 2.45) is 0 Å². The normalized spacial score (nSPS) is 22.9. The molecule has 0 bridgehead atoms. The number of nitrogens with one attached hydrogen (secondary N) is 1. The molecule has 0 aromatic carbocycles. The first-order valence-corrected chi connectivity index (χ1v) is 6.81. The van der Waals surface area contributed by atoms with Crippen LogP contribution in [-0.4, -0.2) is 28.1 Å². The molecule has 1 aliphatic rings. The molecule has 2 N–H and O–H groups in total. The zero-order valence-electron chi connectivity index (χ0n) is 11.6. The first-order chi connectivity index (χ1) is 9.77. The third-order valence-corrected chi connectivity index (χ3v) is 3.65. The summed E-state index contributed by atoms with van der Waals surface area (Å²) in [7, 11) is 0. The van der Waals surface area contributed by atoms with Gasteiger partial charge in [0.05, 0.1) is 17.4 Å². The highest BCUT2D eigenvalue weighted by Crippen LogP contribution is 2.28. The quantitative estimate of drug-likeness (QED) is 0.882. The van der Waals surface area contributed by atoms with E-state index in [9.17, 15) is 23.1 Å². The van der Waals surface area contributed by atoms with Gasteiger partial charge in [-0.15, -0.1) is 0 Å². The Bertz CT molecular complexity index is 523. The monoisotopic (exact) mass is 302 g/mol. The topological polar surface area (TPSA) is 62.2 Å². The number of hydrogen-bond donors (Lipinski definition) is 2. The second kappa shape index (κ2) is 6.01. The summed E-state index contributed by atoms with van der Waals surface area (Å²) in [5, 5.41) is 12.2. The van der Waals surface area contributed by atoms with Gasteiger partial charge in [-0.2, -0.15) is 13.2 Å². The lowest BCUT2D eigenvalue weighted by atomic mass is 9.93. The molecule has 0 radical (unpaired) electrons. The molecule has 1 aromatic heterocycles.